The number of esters is 1. The van der Waals surface area contributed by atoms with Crippen LogP contribution in [0, 0.1) is 5.82 Å². The van der Waals surface area contributed by atoms with E-state index >= 15 is 0 Å². The average molecular weight is 281 g/mol. The lowest BCUT2D eigenvalue weighted by Crippen LogP contribution is -2.52. The monoisotopic (exact) mass is 281 g/mol. The van der Waals surface area contributed by atoms with E-state index in [1.807, 2.05) is 11.8 Å². The van der Waals surface area contributed by atoms with Gasteiger partial charge in [0.05, 0.1) is 13.5 Å². The number of anilines is 1. The molecule has 1 aliphatic heterocycles. The Kier molecular flexibility index (Phi) is 4.89. The highest BCUT2D eigenvalue weighted by molar-refractivity contribution is 5.69. The highest BCUT2D eigenvalue weighted by Crippen LogP contribution is 2.21. The number of hydrogen-bond acceptors (Lipinski definition) is 5. The van der Waals surface area contributed by atoms with Crippen LogP contribution in [0.4, 0.5) is 10.2 Å². The summed E-state index contributed by atoms with van der Waals surface area (Å²) >= 11 is 0. The first-order chi connectivity index (χ1) is 9.61. The Bertz CT molecular complexity index is 469. The van der Waals surface area contributed by atoms with E-state index in [2.05, 4.69) is 14.6 Å². The van der Waals surface area contributed by atoms with E-state index < -0.39 is 0 Å². The molecule has 0 saturated carbocycles. The largest absolute Gasteiger partial charge is 0.469 e. The molecule has 2 heterocycles. The average Bonchev–Trinajstić information content (AvgIpc) is 2.46. The van der Waals surface area contributed by atoms with Crippen LogP contribution in [0.25, 0.3) is 0 Å². The molecule has 1 aromatic heterocycles. The van der Waals surface area contributed by atoms with Crippen molar-refractivity contribution in [3.05, 3.63) is 24.1 Å². The first-order valence-corrected chi connectivity index (χ1v) is 6.78. The molecule has 6 heteroatoms. The molecule has 2 rings (SSSR count). The van der Waals surface area contributed by atoms with E-state index in [1.54, 1.807) is 12.3 Å². The Morgan fingerprint density at radius 3 is 3.00 bits per heavy atom. The highest BCUT2D eigenvalue weighted by Gasteiger charge is 2.26. The number of carbonyl (C=O) groups excluding carboxylic acids is 1. The number of piperazine rings is 1. The second kappa shape index (κ2) is 6.65. The van der Waals surface area contributed by atoms with Crippen LogP contribution in [-0.4, -0.2) is 55.2 Å². The van der Waals surface area contributed by atoms with Gasteiger partial charge in [0.2, 0.25) is 0 Å². The molecular formula is C14H20FN3O2. The number of pyridine rings is 1. The lowest BCUT2D eigenvalue weighted by Gasteiger charge is -2.40. The molecule has 1 fully saturated rings. The van der Waals surface area contributed by atoms with Gasteiger partial charge >= 0.3 is 5.97 Å². The molecule has 1 unspecified atom stereocenters. The zero-order valence-corrected chi connectivity index (χ0v) is 11.9. The van der Waals surface area contributed by atoms with Crippen LogP contribution in [-0.2, 0) is 9.53 Å². The number of carbonyl (C=O) groups is 1. The maximum Gasteiger partial charge on any atom is 0.306 e. The van der Waals surface area contributed by atoms with Crippen molar-refractivity contribution >= 4 is 11.8 Å². The van der Waals surface area contributed by atoms with Crippen LogP contribution >= 0.6 is 0 Å². The van der Waals surface area contributed by atoms with Crippen molar-refractivity contribution in [2.24, 2.45) is 0 Å². The Balaban J connectivity index is 1.93. The van der Waals surface area contributed by atoms with Crippen molar-refractivity contribution in [2.75, 3.05) is 38.2 Å². The molecule has 1 saturated heterocycles. The lowest BCUT2D eigenvalue weighted by atomic mass is 10.1. The molecule has 5 nitrogen and oxygen atoms in total. The van der Waals surface area contributed by atoms with Gasteiger partial charge in [0.15, 0.2) is 11.6 Å². The zero-order chi connectivity index (χ0) is 14.5. The first-order valence-electron chi connectivity index (χ1n) is 6.78. The summed E-state index contributed by atoms with van der Waals surface area (Å²) in [6.45, 7) is 4.99. The Morgan fingerprint density at radius 2 is 2.35 bits per heavy atom. The summed E-state index contributed by atoms with van der Waals surface area (Å²) in [5.74, 6) is -0.0779. The number of nitrogens with zero attached hydrogens (tertiary/aromatic N) is 3. The van der Waals surface area contributed by atoms with Crippen molar-refractivity contribution in [3.8, 4) is 0 Å². The molecule has 0 aromatic carbocycles. The van der Waals surface area contributed by atoms with Gasteiger partial charge in [-0.25, -0.2) is 9.37 Å². The van der Waals surface area contributed by atoms with Gasteiger partial charge in [-0.05, 0) is 19.1 Å². The second-order valence-corrected chi connectivity index (χ2v) is 4.98. The quantitative estimate of drug-likeness (QED) is 0.778. The maximum atomic E-state index is 13.8. The minimum atomic E-state index is -0.289. The number of methoxy groups -OCH3 is 1. The van der Waals surface area contributed by atoms with Gasteiger partial charge in [-0.1, -0.05) is 0 Å². The normalized spacial score (nSPS) is 19.9. The number of halogens is 1. The van der Waals surface area contributed by atoms with E-state index in [9.17, 15) is 9.18 Å². The van der Waals surface area contributed by atoms with E-state index in [0.29, 0.717) is 25.3 Å². The van der Waals surface area contributed by atoms with Crippen molar-refractivity contribution in [2.45, 2.75) is 19.4 Å². The SMILES string of the molecule is COC(=O)CCN1CCN(c2ncccc2F)C(C)C1. The van der Waals surface area contributed by atoms with Crippen LogP contribution in [0.15, 0.2) is 18.3 Å². The summed E-state index contributed by atoms with van der Waals surface area (Å²) in [4.78, 5) is 19.4. The summed E-state index contributed by atoms with van der Waals surface area (Å²) in [5, 5.41) is 0. The van der Waals surface area contributed by atoms with Gasteiger partial charge < -0.3 is 9.64 Å². The second-order valence-electron chi connectivity index (χ2n) is 4.98. The topological polar surface area (TPSA) is 45.7 Å². The van der Waals surface area contributed by atoms with Crippen molar-refractivity contribution < 1.29 is 13.9 Å². The highest BCUT2D eigenvalue weighted by atomic mass is 19.1. The van der Waals surface area contributed by atoms with Crippen molar-refractivity contribution in [3.63, 3.8) is 0 Å². The van der Waals surface area contributed by atoms with E-state index in [4.69, 9.17) is 0 Å². The third-order valence-electron chi connectivity index (χ3n) is 3.58. The van der Waals surface area contributed by atoms with E-state index in [-0.39, 0.29) is 17.8 Å². The Hall–Kier alpha value is -1.69. The smallest absolute Gasteiger partial charge is 0.306 e. The third kappa shape index (κ3) is 3.45. The molecule has 110 valence electrons. The van der Waals surface area contributed by atoms with Crippen molar-refractivity contribution in [1.29, 1.82) is 0 Å². The third-order valence-corrected chi connectivity index (χ3v) is 3.58. The lowest BCUT2D eigenvalue weighted by molar-refractivity contribution is -0.141. The van der Waals surface area contributed by atoms with Crippen molar-refractivity contribution in [1.82, 2.24) is 9.88 Å². The fourth-order valence-corrected chi connectivity index (χ4v) is 2.49. The van der Waals surface area contributed by atoms with Gasteiger partial charge in [0, 0.05) is 38.4 Å². The van der Waals surface area contributed by atoms with Gasteiger partial charge in [0.1, 0.15) is 0 Å². The molecule has 0 aliphatic carbocycles. The predicted octanol–water partition coefficient (Wildman–Crippen LogP) is 1.29. The first kappa shape index (κ1) is 14.7. The molecule has 0 radical (unpaired) electrons. The van der Waals surface area contributed by atoms with Crippen LogP contribution < -0.4 is 4.90 Å². The summed E-state index contributed by atoms with van der Waals surface area (Å²) in [5.41, 5.74) is 0. The van der Waals surface area contributed by atoms with Crippen LogP contribution in [0.1, 0.15) is 13.3 Å². The molecule has 1 aromatic rings. The maximum absolute atomic E-state index is 13.8. The zero-order valence-electron chi connectivity index (χ0n) is 11.9. The number of hydrogen-bond donors (Lipinski definition) is 0. The fraction of sp³-hybridized carbons (Fsp3) is 0.571. The Labute approximate surface area is 118 Å². The predicted molar refractivity (Wildman–Crippen MR) is 74.1 cm³/mol. The summed E-state index contributed by atoms with van der Waals surface area (Å²) in [7, 11) is 1.40. The minimum Gasteiger partial charge on any atom is -0.469 e. The van der Waals surface area contributed by atoms with Crippen LogP contribution in [0.3, 0.4) is 0 Å². The molecule has 0 amide bonds. The molecule has 0 spiro atoms. The van der Waals surface area contributed by atoms with Gasteiger partial charge in [-0.15, -0.1) is 0 Å². The van der Waals surface area contributed by atoms with E-state index in [1.165, 1.54) is 13.2 Å². The summed E-state index contributed by atoms with van der Waals surface area (Å²) in [6, 6.07) is 3.18. The molecule has 20 heavy (non-hydrogen) atoms. The van der Waals surface area contributed by atoms with Crippen LogP contribution in [0.2, 0.25) is 0 Å². The minimum absolute atomic E-state index is 0.158. The standard InChI is InChI=1S/C14H20FN3O2/c1-11-10-17(7-5-13(19)20-2)8-9-18(11)14-12(15)4-3-6-16-14/h3-4,6,11H,5,7-10H2,1-2H3. The van der Waals surface area contributed by atoms with Gasteiger partial charge in [-0.2, -0.15) is 0 Å². The summed E-state index contributed by atoms with van der Waals surface area (Å²) < 4.78 is 18.4. The van der Waals surface area contributed by atoms with Crippen LogP contribution in [0.5, 0.6) is 0 Å². The molecular weight excluding hydrogens is 261 g/mol. The number of ether oxygens (including phenoxy) is 1. The summed E-state index contributed by atoms with van der Waals surface area (Å²) in [6.07, 6.45) is 2.00. The fourth-order valence-electron chi connectivity index (χ4n) is 2.49. The van der Waals surface area contributed by atoms with Gasteiger partial charge in [0.25, 0.3) is 0 Å². The van der Waals surface area contributed by atoms with Gasteiger partial charge in [-0.3, -0.25) is 9.69 Å². The number of rotatable bonds is 4. The Morgan fingerprint density at radius 1 is 1.55 bits per heavy atom. The van der Waals surface area contributed by atoms with E-state index in [0.717, 1.165) is 13.1 Å². The molecule has 0 bridgehead atoms. The molecule has 1 atom stereocenters. The number of aromatic nitrogens is 1. The molecule has 0 N–H and O–H groups in total. The molecule has 1 aliphatic rings.